The molecule has 0 atom stereocenters. The summed E-state index contributed by atoms with van der Waals surface area (Å²) in [5.74, 6) is -0.585. The smallest absolute Gasteiger partial charge is 0.335 e. The summed E-state index contributed by atoms with van der Waals surface area (Å²) in [7, 11) is -0.831. The maximum Gasteiger partial charge on any atom is 0.335 e. The number of aromatic nitrogens is 3. The van der Waals surface area contributed by atoms with Crippen molar-refractivity contribution < 1.29 is 12.8 Å². The molecule has 0 bridgehead atoms. The lowest BCUT2D eigenvalue weighted by Crippen LogP contribution is -2.40. The monoisotopic (exact) mass is 636 g/mol. The van der Waals surface area contributed by atoms with Crippen LogP contribution in [-0.2, 0) is 23.9 Å². The molecule has 0 radical (unpaired) electrons. The number of halogens is 2. The van der Waals surface area contributed by atoms with Gasteiger partial charge in [0.1, 0.15) is 17.0 Å². The summed E-state index contributed by atoms with van der Waals surface area (Å²) in [4.78, 5) is 40.1. The quantitative estimate of drug-likeness (QED) is 0.337. The summed E-state index contributed by atoms with van der Waals surface area (Å²) in [6, 6.07) is 10.4. The fourth-order valence-corrected chi connectivity index (χ4v) is 6.53. The van der Waals surface area contributed by atoms with Crippen LogP contribution >= 0.6 is 22.6 Å². The van der Waals surface area contributed by atoms with E-state index in [4.69, 9.17) is 0 Å². The van der Waals surface area contributed by atoms with Crippen LogP contribution in [0.1, 0.15) is 18.4 Å². The van der Waals surface area contributed by atoms with Crippen LogP contribution in [-0.4, -0.2) is 27.4 Å². The zero-order valence-electron chi connectivity index (χ0n) is 20.1. The number of hydrogen-bond acceptors (Lipinski definition) is 6. The van der Waals surface area contributed by atoms with E-state index in [1.807, 2.05) is 22.6 Å². The van der Waals surface area contributed by atoms with E-state index in [0.717, 1.165) is 9.13 Å². The number of sulfone groups is 1. The van der Waals surface area contributed by atoms with Crippen molar-refractivity contribution in [3.8, 4) is 5.69 Å². The lowest BCUT2D eigenvalue weighted by Gasteiger charge is -2.20. The summed E-state index contributed by atoms with van der Waals surface area (Å²) in [5, 5.41) is 2.39. The van der Waals surface area contributed by atoms with Crippen LogP contribution in [0, 0.1) is 16.3 Å². The summed E-state index contributed by atoms with van der Waals surface area (Å²) in [6.45, 7) is 1.49. The van der Waals surface area contributed by atoms with Gasteiger partial charge in [-0.2, -0.15) is 0 Å². The van der Waals surface area contributed by atoms with E-state index in [0.29, 0.717) is 16.4 Å². The van der Waals surface area contributed by atoms with E-state index >= 15 is 0 Å². The predicted molar refractivity (Wildman–Crippen MR) is 147 cm³/mol. The van der Waals surface area contributed by atoms with Crippen molar-refractivity contribution in [2.45, 2.75) is 29.9 Å². The molecule has 1 aliphatic carbocycles. The summed E-state index contributed by atoms with van der Waals surface area (Å²) in [5.41, 5.74) is -1.59. The summed E-state index contributed by atoms with van der Waals surface area (Å²) in [6.07, 6.45) is 1.16. The first-order valence-corrected chi connectivity index (χ1v) is 14.0. The van der Waals surface area contributed by atoms with Gasteiger partial charge in [-0.1, -0.05) is 6.07 Å². The van der Waals surface area contributed by atoms with E-state index in [1.54, 1.807) is 12.1 Å². The Morgan fingerprint density at radius 1 is 1.00 bits per heavy atom. The average molecular weight is 636 g/mol. The highest BCUT2D eigenvalue weighted by Crippen LogP contribution is 2.34. The third kappa shape index (κ3) is 4.11. The number of pyridine rings is 1. The second kappa shape index (κ2) is 8.94. The van der Waals surface area contributed by atoms with Gasteiger partial charge >= 0.3 is 5.69 Å². The highest BCUT2D eigenvalue weighted by molar-refractivity contribution is 14.1. The molecular weight excluding hydrogens is 614 g/mol. The van der Waals surface area contributed by atoms with Gasteiger partial charge in [-0.15, -0.1) is 0 Å². The van der Waals surface area contributed by atoms with Gasteiger partial charge in [-0.3, -0.25) is 23.3 Å². The standard InChI is InChI=1S/C25H22FIN4O5S/c1-13-21-20(22(29(2)23(13)32)28-19-10-7-14(27)11-18(19)26)24(33)30(3)25(34)31(21)15-5-4-6-17(12-15)37(35,36)16-8-9-16/h4-7,10-12,16,28H,8-9H2,1-3H3. The minimum Gasteiger partial charge on any atom is -0.338 e. The van der Waals surface area contributed by atoms with Crippen LogP contribution in [0.2, 0.25) is 0 Å². The van der Waals surface area contributed by atoms with Crippen molar-refractivity contribution in [1.82, 2.24) is 13.7 Å². The second-order valence-corrected chi connectivity index (χ2v) is 12.5. The van der Waals surface area contributed by atoms with Crippen molar-refractivity contribution in [2.24, 2.45) is 14.1 Å². The van der Waals surface area contributed by atoms with Crippen LogP contribution in [0.25, 0.3) is 16.6 Å². The first-order valence-electron chi connectivity index (χ1n) is 11.3. The van der Waals surface area contributed by atoms with E-state index < -0.39 is 37.7 Å². The van der Waals surface area contributed by atoms with Crippen LogP contribution in [0.15, 0.2) is 61.7 Å². The Morgan fingerprint density at radius 3 is 2.35 bits per heavy atom. The molecule has 0 spiro atoms. The molecule has 1 aliphatic rings. The molecule has 1 N–H and O–H groups in total. The molecular formula is C25H22FIN4O5S. The number of rotatable bonds is 5. The van der Waals surface area contributed by atoms with Crippen molar-refractivity contribution in [1.29, 1.82) is 0 Å². The number of nitrogens with one attached hydrogen (secondary N) is 1. The lowest BCUT2D eigenvalue weighted by atomic mass is 10.1. The Labute approximate surface area is 224 Å². The third-order valence-corrected chi connectivity index (χ3v) is 9.49. The van der Waals surface area contributed by atoms with Crippen LogP contribution in [0.5, 0.6) is 0 Å². The minimum atomic E-state index is -3.57. The molecule has 9 nitrogen and oxygen atoms in total. The first kappa shape index (κ1) is 25.4. The van der Waals surface area contributed by atoms with Gasteiger partial charge in [0.2, 0.25) is 0 Å². The molecule has 2 aromatic heterocycles. The van der Waals surface area contributed by atoms with E-state index in [2.05, 4.69) is 5.32 Å². The maximum atomic E-state index is 14.7. The molecule has 1 saturated carbocycles. The normalized spacial score (nSPS) is 13.8. The fourth-order valence-electron chi connectivity index (χ4n) is 4.38. The molecule has 12 heteroatoms. The van der Waals surface area contributed by atoms with Crippen LogP contribution < -0.4 is 22.1 Å². The number of benzene rings is 2. The van der Waals surface area contributed by atoms with Crippen molar-refractivity contribution in [2.75, 3.05) is 5.32 Å². The largest absolute Gasteiger partial charge is 0.338 e. The van der Waals surface area contributed by atoms with Gasteiger partial charge in [0.25, 0.3) is 11.1 Å². The zero-order valence-corrected chi connectivity index (χ0v) is 23.1. The van der Waals surface area contributed by atoms with Gasteiger partial charge in [0.05, 0.1) is 27.0 Å². The third-order valence-electron chi connectivity index (χ3n) is 6.56. The summed E-state index contributed by atoms with van der Waals surface area (Å²) < 4.78 is 44.4. The fraction of sp³-hybridized carbons (Fsp3) is 0.240. The molecule has 2 heterocycles. The van der Waals surface area contributed by atoms with Gasteiger partial charge < -0.3 is 5.32 Å². The highest BCUT2D eigenvalue weighted by Gasteiger charge is 2.37. The van der Waals surface area contributed by atoms with Gasteiger partial charge in [0.15, 0.2) is 9.84 Å². The molecule has 0 unspecified atom stereocenters. The number of nitrogens with zero attached hydrogens (tertiary/aromatic N) is 3. The molecule has 4 aromatic rings. The number of fused-ring (bicyclic) bond motifs is 1. The summed E-state index contributed by atoms with van der Waals surface area (Å²) >= 11 is 1.97. The van der Waals surface area contributed by atoms with Gasteiger partial charge in [0, 0.05) is 23.2 Å². The van der Waals surface area contributed by atoms with Crippen molar-refractivity contribution in [3.05, 3.63) is 88.6 Å². The molecule has 5 rings (SSSR count). The Balaban J connectivity index is 1.87. The predicted octanol–water partition coefficient (Wildman–Crippen LogP) is 3.12. The molecule has 2 aromatic carbocycles. The lowest BCUT2D eigenvalue weighted by molar-refractivity contribution is 0.594. The first-order chi connectivity index (χ1) is 17.4. The van der Waals surface area contributed by atoms with E-state index in [-0.39, 0.29) is 38.6 Å². The molecule has 1 fully saturated rings. The topological polar surface area (TPSA) is 112 Å². The van der Waals surface area contributed by atoms with Crippen molar-refractivity contribution >= 4 is 54.8 Å². The Morgan fingerprint density at radius 2 is 1.70 bits per heavy atom. The van der Waals surface area contributed by atoms with Crippen LogP contribution in [0.3, 0.4) is 0 Å². The average Bonchev–Trinajstić information content (AvgIpc) is 3.72. The molecule has 0 amide bonds. The van der Waals surface area contributed by atoms with Crippen LogP contribution in [0.4, 0.5) is 15.9 Å². The minimum absolute atomic E-state index is 0.00168. The number of aryl methyl sites for hydroxylation is 1. The van der Waals surface area contributed by atoms with Crippen molar-refractivity contribution in [3.63, 3.8) is 0 Å². The van der Waals surface area contributed by atoms with Gasteiger partial charge in [-0.25, -0.2) is 17.6 Å². The molecule has 0 saturated heterocycles. The number of anilines is 2. The zero-order chi connectivity index (χ0) is 26.8. The van der Waals surface area contributed by atoms with E-state index in [1.165, 1.54) is 55.9 Å². The highest BCUT2D eigenvalue weighted by atomic mass is 127. The number of hydrogen-bond donors (Lipinski definition) is 1. The Hall–Kier alpha value is -3.26. The maximum absolute atomic E-state index is 14.7. The Kier molecular flexibility index (Phi) is 6.14. The molecule has 37 heavy (non-hydrogen) atoms. The Bertz CT molecular complexity index is 1910. The molecule has 192 valence electrons. The van der Waals surface area contributed by atoms with Gasteiger partial charge in [-0.05, 0) is 78.8 Å². The second-order valence-electron chi connectivity index (χ2n) is 9.03. The van der Waals surface area contributed by atoms with E-state index in [9.17, 15) is 27.2 Å². The molecule has 0 aliphatic heterocycles. The SMILES string of the molecule is Cc1c(=O)n(C)c(Nc2ccc(I)cc2F)c2c(=O)n(C)c(=O)n(-c3cccc(S(=O)(=O)C4CC4)c3)c12.